The second-order valence-corrected chi connectivity index (χ2v) is 4.97. The lowest BCUT2D eigenvalue weighted by Crippen LogP contribution is -2.29. The molecule has 0 radical (unpaired) electrons. The van der Waals surface area contributed by atoms with Crippen LogP contribution >= 0.6 is 0 Å². The van der Waals surface area contributed by atoms with Crippen LogP contribution < -0.4 is 5.32 Å². The molecule has 0 saturated carbocycles. The van der Waals surface area contributed by atoms with Gasteiger partial charge in [0.05, 0.1) is 17.7 Å². The first-order chi connectivity index (χ1) is 11.7. The summed E-state index contributed by atoms with van der Waals surface area (Å²) in [7, 11) is 0. The van der Waals surface area contributed by atoms with Crippen LogP contribution in [0.5, 0.6) is 0 Å². The predicted molar refractivity (Wildman–Crippen MR) is 84.0 cm³/mol. The van der Waals surface area contributed by atoms with E-state index >= 15 is 0 Å². The highest BCUT2D eigenvalue weighted by atomic mass is 16.1. The maximum atomic E-state index is 12.4. The highest BCUT2D eigenvalue weighted by Crippen LogP contribution is 2.13. The Balaban J connectivity index is 1.81. The van der Waals surface area contributed by atoms with Crippen LogP contribution in [0.4, 0.5) is 0 Å². The number of amides is 1. The zero-order valence-electron chi connectivity index (χ0n) is 12.8. The molecular weight excluding hydrogens is 306 g/mol. The van der Waals surface area contributed by atoms with Crippen molar-refractivity contribution in [3.63, 3.8) is 0 Å². The van der Waals surface area contributed by atoms with Crippen molar-refractivity contribution in [3.05, 3.63) is 66.0 Å². The number of carbonyl (C=O) groups excluding carboxylic acids is 1. The zero-order valence-corrected chi connectivity index (χ0v) is 12.8. The SMILES string of the molecule is CC(NC(=O)c1cccc(C#N)c1)c1ncnn1-c1ncccn1. The Kier molecular flexibility index (Phi) is 4.25. The van der Waals surface area contributed by atoms with Crippen molar-refractivity contribution >= 4 is 5.91 Å². The Hall–Kier alpha value is -3.60. The molecule has 24 heavy (non-hydrogen) atoms. The van der Waals surface area contributed by atoms with E-state index in [-0.39, 0.29) is 5.91 Å². The van der Waals surface area contributed by atoms with Crippen LogP contribution in [-0.4, -0.2) is 30.6 Å². The van der Waals surface area contributed by atoms with Crippen molar-refractivity contribution in [1.82, 2.24) is 30.0 Å². The molecule has 0 aliphatic rings. The van der Waals surface area contributed by atoms with Gasteiger partial charge in [-0.1, -0.05) is 6.07 Å². The van der Waals surface area contributed by atoms with Gasteiger partial charge in [0.15, 0.2) is 5.82 Å². The number of nitrogens with zero attached hydrogens (tertiary/aromatic N) is 6. The molecule has 0 spiro atoms. The Morgan fingerprint density at radius 1 is 1.25 bits per heavy atom. The number of carbonyl (C=O) groups is 1. The van der Waals surface area contributed by atoms with Crippen molar-refractivity contribution in [2.45, 2.75) is 13.0 Å². The molecule has 1 atom stereocenters. The topological polar surface area (TPSA) is 109 Å². The van der Waals surface area contributed by atoms with E-state index in [9.17, 15) is 4.79 Å². The molecule has 1 N–H and O–H groups in total. The number of nitriles is 1. The first kappa shape index (κ1) is 15.3. The van der Waals surface area contributed by atoms with Gasteiger partial charge in [-0.3, -0.25) is 4.79 Å². The molecule has 2 heterocycles. The second-order valence-electron chi connectivity index (χ2n) is 4.97. The van der Waals surface area contributed by atoms with Crippen LogP contribution in [0.2, 0.25) is 0 Å². The lowest BCUT2D eigenvalue weighted by molar-refractivity contribution is 0.0938. The van der Waals surface area contributed by atoms with Crippen LogP contribution in [0.3, 0.4) is 0 Å². The summed E-state index contributed by atoms with van der Waals surface area (Å²) in [6.07, 6.45) is 4.58. The molecule has 3 rings (SSSR count). The van der Waals surface area contributed by atoms with E-state index in [0.717, 1.165) is 0 Å². The molecule has 3 aromatic rings. The number of aromatic nitrogens is 5. The number of hydrogen-bond donors (Lipinski definition) is 1. The number of hydrogen-bond acceptors (Lipinski definition) is 6. The summed E-state index contributed by atoms with van der Waals surface area (Å²) in [5.74, 6) is 0.576. The lowest BCUT2D eigenvalue weighted by Gasteiger charge is -2.14. The van der Waals surface area contributed by atoms with Crippen molar-refractivity contribution in [3.8, 4) is 12.0 Å². The van der Waals surface area contributed by atoms with Gasteiger partial charge in [0.2, 0.25) is 0 Å². The van der Waals surface area contributed by atoms with Gasteiger partial charge >= 0.3 is 0 Å². The van der Waals surface area contributed by atoms with Crippen molar-refractivity contribution < 1.29 is 4.79 Å². The molecule has 118 valence electrons. The minimum Gasteiger partial charge on any atom is -0.342 e. The molecule has 0 aliphatic carbocycles. The van der Waals surface area contributed by atoms with Crippen LogP contribution in [-0.2, 0) is 0 Å². The summed E-state index contributed by atoms with van der Waals surface area (Å²) in [4.78, 5) is 24.8. The maximum Gasteiger partial charge on any atom is 0.252 e. The fourth-order valence-electron chi connectivity index (χ4n) is 2.17. The Labute approximate surface area is 137 Å². The molecule has 1 amide bonds. The minimum atomic E-state index is -0.422. The molecule has 0 fully saturated rings. The van der Waals surface area contributed by atoms with E-state index in [0.29, 0.717) is 22.9 Å². The van der Waals surface area contributed by atoms with Gasteiger partial charge in [-0.05, 0) is 31.2 Å². The summed E-state index contributed by atoms with van der Waals surface area (Å²) in [5, 5.41) is 15.9. The average Bonchev–Trinajstić information content (AvgIpc) is 3.12. The van der Waals surface area contributed by atoms with Crippen LogP contribution in [0.15, 0.2) is 49.1 Å². The summed E-state index contributed by atoms with van der Waals surface area (Å²) in [6.45, 7) is 1.79. The predicted octanol–water partition coefficient (Wildman–Crippen LogP) is 1.42. The number of benzene rings is 1. The van der Waals surface area contributed by atoms with E-state index in [2.05, 4.69) is 25.4 Å². The molecular formula is C16H13N7O. The third-order valence-electron chi connectivity index (χ3n) is 3.30. The first-order valence-corrected chi connectivity index (χ1v) is 7.17. The lowest BCUT2D eigenvalue weighted by atomic mass is 10.1. The van der Waals surface area contributed by atoms with Gasteiger partial charge in [-0.25, -0.2) is 15.0 Å². The maximum absolute atomic E-state index is 12.4. The quantitative estimate of drug-likeness (QED) is 0.779. The molecule has 8 nitrogen and oxygen atoms in total. The van der Waals surface area contributed by atoms with Gasteiger partial charge in [0.1, 0.15) is 6.33 Å². The molecule has 8 heteroatoms. The molecule has 0 saturated heterocycles. The van der Waals surface area contributed by atoms with Crippen molar-refractivity contribution in [1.29, 1.82) is 5.26 Å². The summed E-state index contributed by atoms with van der Waals surface area (Å²) in [5.41, 5.74) is 0.832. The number of rotatable bonds is 4. The van der Waals surface area contributed by atoms with Crippen molar-refractivity contribution in [2.24, 2.45) is 0 Å². The summed E-state index contributed by atoms with van der Waals surface area (Å²) in [6, 6.07) is 9.78. The van der Waals surface area contributed by atoms with Gasteiger partial charge in [-0.2, -0.15) is 15.0 Å². The van der Waals surface area contributed by atoms with Crippen LogP contribution in [0, 0.1) is 11.3 Å². The molecule has 0 bridgehead atoms. The molecule has 1 unspecified atom stereocenters. The molecule has 0 aliphatic heterocycles. The normalized spacial score (nSPS) is 11.5. The highest BCUT2D eigenvalue weighted by Gasteiger charge is 2.18. The second kappa shape index (κ2) is 6.66. The smallest absolute Gasteiger partial charge is 0.252 e. The van der Waals surface area contributed by atoms with Crippen LogP contribution in [0.1, 0.15) is 34.7 Å². The fraction of sp³-hybridized carbons (Fsp3) is 0.125. The number of nitrogens with one attached hydrogen (secondary N) is 1. The zero-order chi connectivity index (χ0) is 16.9. The van der Waals surface area contributed by atoms with Crippen molar-refractivity contribution in [2.75, 3.05) is 0 Å². The molecule has 1 aromatic carbocycles. The van der Waals surface area contributed by atoms with Crippen LogP contribution in [0.25, 0.3) is 5.95 Å². The monoisotopic (exact) mass is 319 g/mol. The van der Waals surface area contributed by atoms with E-state index in [4.69, 9.17) is 5.26 Å². The standard InChI is InChI=1S/C16H13N7O/c1-11(22-15(24)13-5-2-4-12(8-13)9-17)14-20-10-21-23(14)16-18-6-3-7-19-16/h2-8,10-11H,1H3,(H,22,24). The first-order valence-electron chi connectivity index (χ1n) is 7.17. The highest BCUT2D eigenvalue weighted by molar-refractivity contribution is 5.94. The van der Waals surface area contributed by atoms with E-state index in [1.54, 1.807) is 43.6 Å². The van der Waals surface area contributed by atoms with Gasteiger partial charge in [0.25, 0.3) is 11.9 Å². The summed E-state index contributed by atoms with van der Waals surface area (Å²) < 4.78 is 1.47. The largest absolute Gasteiger partial charge is 0.342 e. The van der Waals surface area contributed by atoms with Gasteiger partial charge in [0, 0.05) is 18.0 Å². The Morgan fingerprint density at radius 3 is 2.79 bits per heavy atom. The van der Waals surface area contributed by atoms with Gasteiger partial charge in [-0.15, -0.1) is 0 Å². The third-order valence-corrected chi connectivity index (χ3v) is 3.30. The fourth-order valence-corrected chi connectivity index (χ4v) is 2.17. The third kappa shape index (κ3) is 3.10. The molecule has 2 aromatic heterocycles. The van der Waals surface area contributed by atoms with Gasteiger partial charge < -0.3 is 5.32 Å². The summed E-state index contributed by atoms with van der Waals surface area (Å²) >= 11 is 0. The Morgan fingerprint density at radius 2 is 2.04 bits per heavy atom. The Bertz CT molecular complexity index is 898. The van der Waals surface area contributed by atoms with E-state index in [1.807, 2.05) is 6.07 Å². The average molecular weight is 319 g/mol. The van der Waals surface area contributed by atoms with E-state index in [1.165, 1.54) is 17.1 Å². The minimum absolute atomic E-state index is 0.303. The van der Waals surface area contributed by atoms with E-state index < -0.39 is 6.04 Å².